The fourth-order valence-corrected chi connectivity index (χ4v) is 3.30. The van der Waals surface area contributed by atoms with Gasteiger partial charge >= 0.3 is 0 Å². The summed E-state index contributed by atoms with van der Waals surface area (Å²) >= 11 is 0. The maximum atomic E-state index is 13.9. The topological polar surface area (TPSA) is 76.1 Å². The van der Waals surface area contributed by atoms with Crippen LogP contribution in [0.1, 0.15) is 28.9 Å². The van der Waals surface area contributed by atoms with Gasteiger partial charge in [-0.25, -0.2) is 14.4 Å². The zero-order valence-electron chi connectivity index (χ0n) is 17.1. The molecule has 4 aromatic rings. The SMILES string of the molecule is COc1ccc(C(=O)Nc2cccc(C(C)Nc3ncnc4ccccc34)c2)cc1F. The van der Waals surface area contributed by atoms with Gasteiger partial charge in [-0.3, -0.25) is 4.79 Å². The monoisotopic (exact) mass is 416 g/mol. The van der Waals surface area contributed by atoms with Crippen molar-refractivity contribution in [1.82, 2.24) is 9.97 Å². The van der Waals surface area contributed by atoms with Crippen molar-refractivity contribution in [3.8, 4) is 5.75 Å². The van der Waals surface area contributed by atoms with E-state index in [1.807, 2.05) is 49.4 Å². The minimum atomic E-state index is -0.584. The summed E-state index contributed by atoms with van der Waals surface area (Å²) in [6.45, 7) is 2.01. The Labute approximate surface area is 179 Å². The first-order valence-corrected chi connectivity index (χ1v) is 9.76. The molecule has 0 fully saturated rings. The van der Waals surface area contributed by atoms with Crippen molar-refractivity contribution in [2.75, 3.05) is 17.7 Å². The number of anilines is 2. The van der Waals surface area contributed by atoms with Gasteiger partial charge in [0.05, 0.1) is 18.7 Å². The minimum absolute atomic E-state index is 0.0754. The maximum absolute atomic E-state index is 13.9. The number of halogens is 1. The van der Waals surface area contributed by atoms with E-state index in [0.717, 1.165) is 28.4 Å². The Bertz CT molecular complexity index is 1240. The summed E-state index contributed by atoms with van der Waals surface area (Å²) in [6.07, 6.45) is 1.53. The van der Waals surface area contributed by atoms with Gasteiger partial charge in [-0.2, -0.15) is 0 Å². The van der Waals surface area contributed by atoms with Gasteiger partial charge in [0.2, 0.25) is 0 Å². The number of aromatic nitrogens is 2. The number of amides is 1. The molecular formula is C24H21FN4O2. The molecule has 1 atom stereocenters. The van der Waals surface area contributed by atoms with Crippen molar-refractivity contribution in [2.24, 2.45) is 0 Å². The van der Waals surface area contributed by atoms with E-state index in [9.17, 15) is 9.18 Å². The van der Waals surface area contributed by atoms with Crippen LogP contribution in [0.15, 0.2) is 73.1 Å². The number of hydrogen-bond donors (Lipinski definition) is 2. The van der Waals surface area contributed by atoms with Crippen LogP contribution in [0.25, 0.3) is 10.9 Å². The molecule has 7 heteroatoms. The number of carbonyl (C=O) groups excluding carboxylic acids is 1. The number of hydrogen-bond acceptors (Lipinski definition) is 5. The van der Waals surface area contributed by atoms with Crippen LogP contribution < -0.4 is 15.4 Å². The molecule has 1 aromatic heterocycles. The largest absolute Gasteiger partial charge is 0.494 e. The Morgan fingerprint density at radius 3 is 2.68 bits per heavy atom. The number of nitrogens with zero attached hydrogens (tertiary/aromatic N) is 2. The first kappa shape index (κ1) is 20.3. The molecule has 156 valence electrons. The number of methoxy groups -OCH3 is 1. The number of fused-ring (bicyclic) bond motifs is 1. The van der Waals surface area contributed by atoms with Gasteiger partial charge in [-0.1, -0.05) is 24.3 Å². The van der Waals surface area contributed by atoms with E-state index in [1.54, 1.807) is 6.07 Å². The Hall–Kier alpha value is -4.00. The number of nitrogens with one attached hydrogen (secondary N) is 2. The second-order valence-electron chi connectivity index (χ2n) is 7.03. The van der Waals surface area contributed by atoms with Crippen molar-refractivity contribution >= 4 is 28.3 Å². The highest BCUT2D eigenvalue weighted by Crippen LogP contribution is 2.25. The number of para-hydroxylation sites is 1. The van der Waals surface area contributed by atoms with Gasteiger partial charge in [-0.05, 0) is 55.0 Å². The van der Waals surface area contributed by atoms with Crippen molar-refractivity contribution < 1.29 is 13.9 Å². The summed E-state index contributed by atoms with van der Waals surface area (Å²) in [7, 11) is 1.38. The van der Waals surface area contributed by atoms with E-state index in [1.165, 1.54) is 25.6 Å². The molecule has 6 nitrogen and oxygen atoms in total. The molecule has 0 bridgehead atoms. The van der Waals surface area contributed by atoms with Crippen LogP contribution in [0.2, 0.25) is 0 Å². The van der Waals surface area contributed by atoms with E-state index >= 15 is 0 Å². The zero-order valence-corrected chi connectivity index (χ0v) is 17.1. The lowest BCUT2D eigenvalue weighted by Gasteiger charge is -2.17. The molecule has 2 N–H and O–H groups in total. The smallest absolute Gasteiger partial charge is 0.255 e. The van der Waals surface area contributed by atoms with Crippen molar-refractivity contribution in [3.05, 3.63) is 90.0 Å². The van der Waals surface area contributed by atoms with Gasteiger partial charge in [-0.15, -0.1) is 0 Å². The lowest BCUT2D eigenvalue weighted by molar-refractivity contribution is 0.102. The standard InChI is InChI=1S/C24H21FN4O2/c1-15(28-23-19-8-3-4-9-21(19)26-14-27-23)16-6-5-7-18(12-16)29-24(30)17-10-11-22(31-2)20(25)13-17/h3-15H,1-2H3,(H,29,30)(H,26,27,28). The molecular weight excluding hydrogens is 395 g/mol. The summed E-state index contributed by atoms with van der Waals surface area (Å²) in [5.74, 6) is -0.156. The molecule has 1 heterocycles. The molecule has 0 saturated carbocycles. The first-order chi connectivity index (χ1) is 15.0. The quantitative estimate of drug-likeness (QED) is 0.452. The van der Waals surface area contributed by atoms with Crippen LogP contribution in [0, 0.1) is 5.82 Å². The van der Waals surface area contributed by atoms with Crippen LogP contribution in [0.4, 0.5) is 15.9 Å². The second kappa shape index (κ2) is 8.79. The summed E-state index contributed by atoms with van der Waals surface area (Å²) in [5, 5.41) is 7.15. The Morgan fingerprint density at radius 2 is 1.87 bits per heavy atom. The lowest BCUT2D eigenvalue weighted by atomic mass is 10.1. The van der Waals surface area contributed by atoms with Gasteiger partial charge in [0.15, 0.2) is 11.6 Å². The van der Waals surface area contributed by atoms with Crippen LogP contribution in [-0.4, -0.2) is 23.0 Å². The number of ether oxygens (including phenoxy) is 1. The van der Waals surface area contributed by atoms with Crippen LogP contribution >= 0.6 is 0 Å². The van der Waals surface area contributed by atoms with Gasteiger partial charge in [0.1, 0.15) is 12.1 Å². The van der Waals surface area contributed by atoms with Gasteiger partial charge in [0, 0.05) is 16.6 Å². The highest BCUT2D eigenvalue weighted by Gasteiger charge is 2.13. The Morgan fingerprint density at radius 1 is 1.03 bits per heavy atom. The molecule has 3 aromatic carbocycles. The van der Waals surface area contributed by atoms with Crippen molar-refractivity contribution in [2.45, 2.75) is 13.0 Å². The minimum Gasteiger partial charge on any atom is -0.494 e. The third-order valence-electron chi connectivity index (χ3n) is 4.95. The van der Waals surface area contributed by atoms with Gasteiger partial charge in [0.25, 0.3) is 5.91 Å². The van der Waals surface area contributed by atoms with E-state index in [4.69, 9.17) is 4.74 Å². The maximum Gasteiger partial charge on any atom is 0.255 e. The highest BCUT2D eigenvalue weighted by atomic mass is 19.1. The number of benzene rings is 3. The molecule has 0 aliphatic heterocycles. The van der Waals surface area contributed by atoms with E-state index in [0.29, 0.717) is 5.69 Å². The van der Waals surface area contributed by atoms with Crippen molar-refractivity contribution in [1.29, 1.82) is 0 Å². The summed E-state index contributed by atoms with van der Waals surface area (Å²) in [4.78, 5) is 21.2. The molecule has 31 heavy (non-hydrogen) atoms. The molecule has 1 unspecified atom stereocenters. The average Bonchev–Trinajstić information content (AvgIpc) is 2.79. The Balaban J connectivity index is 1.51. The van der Waals surface area contributed by atoms with Crippen LogP contribution in [-0.2, 0) is 0 Å². The second-order valence-corrected chi connectivity index (χ2v) is 7.03. The molecule has 0 saturated heterocycles. The summed E-state index contributed by atoms with van der Waals surface area (Å²) in [6, 6.07) is 19.3. The molecule has 0 aliphatic rings. The molecule has 1 amide bonds. The third kappa shape index (κ3) is 4.45. The highest BCUT2D eigenvalue weighted by molar-refractivity contribution is 6.04. The van der Waals surface area contributed by atoms with Crippen molar-refractivity contribution in [3.63, 3.8) is 0 Å². The lowest BCUT2D eigenvalue weighted by Crippen LogP contribution is -2.13. The molecule has 0 spiro atoms. The summed E-state index contributed by atoms with van der Waals surface area (Å²) < 4.78 is 18.8. The first-order valence-electron chi connectivity index (χ1n) is 9.76. The fraction of sp³-hybridized carbons (Fsp3) is 0.125. The predicted octanol–water partition coefficient (Wildman–Crippen LogP) is 5.20. The van der Waals surface area contributed by atoms with E-state index < -0.39 is 11.7 Å². The predicted molar refractivity (Wildman–Crippen MR) is 119 cm³/mol. The molecule has 0 radical (unpaired) electrons. The molecule has 4 rings (SSSR count). The fourth-order valence-electron chi connectivity index (χ4n) is 3.30. The zero-order chi connectivity index (χ0) is 21.8. The van der Waals surface area contributed by atoms with Crippen LogP contribution in [0.5, 0.6) is 5.75 Å². The number of rotatable bonds is 6. The Kier molecular flexibility index (Phi) is 5.75. The third-order valence-corrected chi connectivity index (χ3v) is 4.95. The number of carbonyl (C=O) groups is 1. The molecule has 0 aliphatic carbocycles. The van der Waals surface area contributed by atoms with E-state index in [-0.39, 0.29) is 17.4 Å². The normalized spacial score (nSPS) is 11.7. The van der Waals surface area contributed by atoms with Gasteiger partial charge < -0.3 is 15.4 Å². The van der Waals surface area contributed by atoms with Crippen LogP contribution in [0.3, 0.4) is 0 Å². The average molecular weight is 416 g/mol. The summed E-state index contributed by atoms with van der Waals surface area (Å²) in [5.41, 5.74) is 2.64. The van der Waals surface area contributed by atoms with E-state index in [2.05, 4.69) is 20.6 Å².